The largest absolute Gasteiger partial charge is 0.263 e. The summed E-state index contributed by atoms with van der Waals surface area (Å²) in [4.78, 5) is 8.32. The van der Waals surface area contributed by atoms with Crippen LogP contribution in [0.15, 0.2) is 22.1 Å². The highest BCUT2D eigenvalue weighted by molar-refractivity contribution is 5.98. The van der Waals surface area contributed by atoms with E-state index in [1.165, 1.54) is 16.0 Å². The molecule has 0 saturated heterocycles. The van der Waals surface area contributed by atoms with Gasteiger partial charge in [-0.15, -0.1) is 0 Å². The molecule has 0 radical (unpaired) electrons. The van der Waals surface area contributed by atoms with Crippen molar-refractivity contribution in [3.8, 4) is 0 Å². The van der Waals surface area contributed by atoms with Crippen LogP contribution in [0.3, 0.4) is 0 Å². The quantitative estimate of drug-likeness (QED) is 0.515. The molecule has 2 heteroatoms. The van der Waals surface area contributed by atoms with E-state index in [-0.39, 0.29) is 0 Å². The van der Waals surface area contributed by atoms with Crippen LogP contribution < -0.4 is 10.4 Å². The summed E-state index contributed by atoms with van der Waals surface area (Å²) in [6, 6.07) is 4.08. The minimum atomic E-state index is 1.05. The van der Waals surface area contributed by atoms with Crippen molar-refractivity contribution in [3.05, 3.63) is 28.1 Å². The van der Waals surface area contributed by atoms with Crippen LogP contribution in [0.1, 0.15) is 5.56 Å². The molecule has 2 heterocycles. The van der Waals surface area contributed by atoms with Gasteiger partial charge in [-0.05, 0) is 12.1 Å². The molecule has 56 valence electrons. The second-order valence-corrected chi connectivity index (χ2v) is 2.85. The third-order valence-corrected chi connectivity index (χ3v) is 2.17. The van der Waals surface area contributed by atoms with Gasteiger partial charge >= 0.3 is 0 Å². The number of hydrogen-bond donors (Lipinski definition) is 0. The molecule has 1 aromatic rings. The zero-order valence-corrected chi connectivity index (χ0v) is 6.36. The van der Waals surface area contributed by atoms with Gasteiger partial charge in [0.2, 0.25) is 0 Å². The van der Waals surface area contributed by atoms with Gasteiger partial charge in [-0.2, -0.15) is 0 Å². The fraction of sp³-hybridized carbons (Fsp3) is 0. The van der Waals surface area contributed by atoms with Crippen LogP contribution in [-0.4, -0.2) is 12.4 Å². The standard InChI is InChI=1S/C10H6N2/c1-2-10-8(3-4-12-10)9-6-11-5-7(1)9/h1-6H. The lowest BCUT2D eigenvalue weighted by Gasteiger charge is -1.92. The molecule has 2 aliphatic heterocycles. The number of nitrogens with zero attached hydrogens (tertiary/aromatic N) is 2. The lowest BCUT2D eigenvalue weighted by Crippen LogP contribution is -2.25. The minimum Gasteiger partial charge on any atom is -0.263 e. The van der Waals surface area contributed by atoms with Gasteiger partial charge in [-0.1, -0.05) is 6.07 Å². The molecular weight excluding hydrogens is 148 g/mol. The van der Waals surface area contributed by atoms with Crippen LogP contribution in [0.5, 0.6) is 0 Å². The maximum absolute atomic E-state index is 4.22. The summed E-state index contributed by atoms with van der Waals surface area (Å²) in [6.45, 7) is 0. The van der Waals surface area contributed by atoms with Gasteiger partial charge < -0.3 is 0 Å². The highest BCUT2D eigenvalue weighted by Crippen LogP contribution is 2.07. The number of aliphatic imine (C=N–C) groups is 2. The Bertz CT molecular complexity index is 473. The predicted molar refractivity (Wildman–Crippen MR) is 50.4 cm³/mol. The Morgan fingerprint density at radius 2 is 2.08 bits per heavy atom. The van der Waals surface area contributed by atoms with Crippen molar-refractivity contribution in [2.24, 2.45) is 9.98 Å². The molecule has 0 amide bonds. The molecule has 0 atom stereocenters. The van der Waals surface area contributed by atoms with Gasteiger partial charge in [0.05, 0.1) is 5.69 Å². The van der Waals surface area contributed by atoms with Gasteiger partial charge in [0.25, 0.3) is 0 Å². The van der Waals surface area contributed by atoms with E-state index in [1.54, 1.807) is 0 Å². The summed E-state index contributed by atoms with van der Waals surface area (Å²) in [6.07, 6.45) is 7.62. The molecule has 0 saturated carbocycles. The van der Waals surface area contributed by atoms with Crippen molar-refractivity contribution in [2.45, 2.75) is 0 Å². The Morgan fingerprint density at radius 3 is 3.08 bits per heavy atom. The zero-order chi connectivity index (χ0) is 7.97. The summed E-state index contributed by atoms with van der Waals surface area (Å²) in [5.41, 5.74) is 2.24. The summed E-state index contributed by atoms with van der Waals surface area (Å²) < 4.78 is 0. The molecule has 0 spiro atoms. The molecular formula is C10H6N2. The van der Waals surface area contributed by atoms with E-state index in [1.807, 2.05) is 30.8 Å². The Hall–Kier alpha value is -1.70. The average Bonchev–Trinajstić information content (AvgIpc) is 2.71. The van der Waals surface area contributed by atoms with Crippen LogP contribution in [0.4, 0.5) is 5.69 Å². The van der Waals surface area contributed by atoms with E-state index >= 15 is 0 Å². The molecule has 0 N–H and O–H groups in total. The van der Waals surface area contributed by atoms with Crippen molar-refractivity contribution >= 4 is 30.4 Å². The van der Waals surface area contributed by atoms with Crippen molar-refractivity contribution in [1.82, 2.24) is 0 Å². The molecule has 2 aliphatic rings. The van der Waals surface area contributed by atoms with Crippen LogP contribution in [-0.2, 0) is 0 Å². The van der Waals surface area contributed by atoms with Crippen LogP contribution >= 0.6 is 0 Å². The lowest BCUT2D eigenvalue weighted by molar-refractivity contribution is 1.46. The highest BCUT2D eigenvalue weighted by Gasteiger charge is 2.04. The molecule has 0 aliphatic carbocycles. The van der Waals surface area contributed by atoms with E-state index in [2.05, 4.69) is 16.1 Å². The van der Waals surface area contributed by atoms with Gasteiger partial charge in [-0.25, -0.2) is 0 Å². The van der Waals surface area contributed by atoms with E-state index in [9.17, 15) is 0 Å². The normalized spacial score (nSPS) is 15.3. The first-order valence-electron chi connectivity index (χ1n) is 3.86. The topological polar surface area (TPSA) is 24.7 Å². The predicted octanol–water partition coefficient (Wildman–Crippen LogP) is 0.354. The van der Waals surface area contributed by atoms with Crippen LogP contribution in [0.2, 0.25) is 0 Å². The number of benzene rings is 1. The zero-order valence-electron chi connectivity index (χ0n) is 6.36. The summed E-state index contributed by atoms with van der Waals surface area (Å²) in [7, 11) is 0. The first-order valence-corrected chi connectivity index (χ1v) is 3.86. The Kier molecular flexibility index (Phi) is 0.939. The Morgan fingerprint density at radius 1 is 1.08 bits per heavy atom. The molecule has 0 unspecified atom stereocenters. The van der Waals surface area contributed by atoms with E-state index < -0.39 is 0 Å². The van der Waals surface area contributed by atoms with Gasteiger partial charge in [0, 0.05) is 34.6 Å². The second-order valence-electron chi connectivity index (χ2n) is 2.85. The summed E-state index contributed by atoms with van der Waals surface area (Å²) in [5.74, 6) is 0. The molecule has 0 fully saturated rings. The fourth-order valence-corrected chi connectivity index (χ4v) is 1.57. The van der Waals surface area contributed by atoms with E-state index in [0.717, 1.165) is 5.69 Å². The summed E-state index contributed by atoms with van der Waals surface area (Å²) >= 11 is 0. The first-order chi connectivity index (χ1) is 5.95. The molecule has 2 nitrogen and oxygen atoms in total. The SMILES string of the molecule is C1=NC=c2c1ccc1c2=CC=N1. The van der Waals surface area contributed by atoms with Crippen molar-refractivity contribution in [1.29, 1.82) is 0 Å². The minimum absolute atomic E-state index is 1.05. The molecule has 3 rings (SSSR count). The molecule has 0 aromatic heterocycles. The number of fused-ring (bicyclic) bond motifs is 3. The van der Waals surface area contributed by atoms with Crippen molar-refractivity contribution < 1.29 is 0 Å². The van der Waals surface area contributed by atoms with Crippen LogP contribution in [0.25, 0.3) is 12.3 Å². The smallest absolute Gasteiger partial charge is 0.0709 e. The van der Waals surface area contributed by atoms with Crippen molar-refractivity contribution in [3.63, 3.8) is 0 Å². The summed E-state index contributed by atoms with van der Waals surface area (Å²) in [5, 5.41) is 2.40. The van der Waals surface area contributed by atoms with Gasteiger partial charge in [-0.3, -0.25) is 9.98 Å². The highest BCUT2D eigenvalue weighted by atomic mass is 14.7. The van der Waals surface area contributed by atoms with Crippen LogP contribution in [0, 0.1) is 0 Å². The van der Waals surface area contributed by atoms with E-state index in [4.69, 9.17) is 0 Å². The van der Waals surface area contributed by atoms with Gasteiger partial charge in [0.1, 0.15) is 0 Å². The molecule has 12 heavy (non-hydrogen) atoms. The third-order valence-electron chi connectivity index (χ3n) is 2.17. The number of hydrogen-bond acceptors (Lipinski definition) is 2. The van der Waals surface area contributed by atoms with E-state index in [0.29, 0.717) is 0 Å². The lowest BCUT2D eigenvalue weighted by atomic mass is 10.1. The first kappa shape index (κ1) is 5.89. The average molecular weight is 154 g/mol. The fourth-order valence-electron chi connectivity index (χ4n) is 1.57. The molecule has 1 aromatic carbocycles. The maximum atomic E-state index is 4.22. The maximum Gasteiger partial charge on any atom is 0.0709 e. The Labute approximate surface area is 69.3 Å². The Balaban J connectivity index is 2.58. The molecule has 0 bridgehead atoms. The monoisotopic (exact) mass is 154 g/mol. The van der Waals surface area contributed by atoms with Crippen molar-refractivity contribution in [2.75, 3.05) is 0 Å². The number of rotatable bonds is 0. The third kappa shape index (κ3) is 0.593. The second kappa shape index (κ2) is 1.91. The van der Waals surface area contributed by atoms with Gasteiger partial charge in [0.15, 0.2) is 0 Å².